The van der Waals surface area contributed by atoms with E-state index in [-0.39, 0.29) is 0 Å². The van der Waals surface area contributed by atoms with Crippen molar-refractivity contribution in [1.29, 1.82) is 0 Å². The van der Waals surface area contributed by atoms with Crippen LogP contribution < -0.4 is 0 Å². The van der Waals surface area contributed by atoms with Gasteiger partial charge in [-0.05, 0) is 45.8 Å². The molecule has 0 unspecified atom stereocenters. The maximum atomic E-state index is 6.50. The van der Waals surface area contributed by atoms with Gasteiger partial charge in [0.25, 0.3) is 0 Å². The first-order valence-electron chi connectivity index (χ1n) is 15.7. The van der Waals surface area contributed by atoms with E-state index in [2.05, 4.69) is 103 Å². The molecule has 9 aromatic rings. The smallest absolute Gasteiger partial charge is 0.164 e. The molecule has 2 heterocycles. The van der Waals surface area contributed by atoms with E-state index < -0.39 is 0 Å². The fourth-order valence-electron chi connectivity index (χ4n) is 6.38. The van der Waals surface area contributed by atoms with Crippen molar-refractivity contribution in [2.24, 2.45) is 0 Å². The molecule has 0 spiro atoms. The standard InChI is InChI=1S/C43H27N3O/c1-4-12-29(13-5-1)36-27-38-37-26-33(24-25-39(37)47-40(38)35-19-11-10-18-34(35)36)28-20-22-32(23-21-28)43-45-41(30-14-6-2-7-15-30)44-42(46-43)31-16-8-3-9-17-31/h1-27H. The largest absolute Gasteiger partial charge is 0.455 e. The predicted molar refractivity (Wildman–Crippen MR) is 192 cm³/mol. The molecule has 0 fully saturated rings. The number of hydrogen-bond donors (Lipinski definition) is 0. The Labute approximate surface area is 271 Å². The van der Waals surface area contributed by atoms with Crippen molar-refractivity contribution >= 4 is 32.7 Å². The minimum atomic E-state index is 0.640. The van der Waals surface area contributed by atoms with Gasteiger partial charge in [-0.25, -0.2) is 15.0 Å². The molecule has 0 atom stereocenters. The lowest BCUT2D eigenvalue weighted by Crippen LogP contribution is -2.00. The number of fused-ring (bicyclic) bond motifs is 5. The Kier molecular flexibility index (Phi) is 6.43. The van der Waals surface area contributed by atoms with E-state index in [9.17, 15) is 0 Å². The highest BCUT2D eigenvalue weighted by Gasteiger charge is 2.16. The molecule has 0 saturated heterocycles. The molecular weight excluding hydrogens is 574 g/mol. The lowest BCUT2D eigenvalue weighted by Gasteiger charge is -2.09. The van der Waals surface area contributed by atoms with Crippen LogP contribution in [-0.4, -0.2) is 15.0 Å². The molecule has 0 radical (unpaired) electrons. The highest BCUT2D eigenvalue weighted by Crippen LogP contribution is 2.41. The van der Waals surface area contributed by atoms with E-state index in [1.54, 1.807) is 0 Å². The van der Waals surface area contributed by atoms with Crippen molar-refractivity contribution < 1.29 is 4.42 Å². The van der Waals surface area contributed by atoms with Gasteiger partial charge in [0.05, 0.1) is 0 Å². The van der Waals surface area contributed by atoms with E-state index in [0.717, 1.165) is 55.1 Å². The van der Waals surface area contributed by atoms with Gasteiger partial charge < -0.3 is 4.42 Å². The first-order chi connectivity index (χ1) is 23.3. The molecule has 0 amide bonds. The van der Waals surface area contributed by atoms with Crippen molar-refractivity contribution in [1.82, 2.24) is 15.0 Å². The third-order valence-electron chi connectivity index (χ3n) is 8.74. The fourth-order valence-corrected chi connectivity index (χ4v) is 6.38. The van der Waals surface area contributed by atoms with Crippen molar-refractivity contribution in [3.05, 3.63) is 164 Å². The second-order valence-electron chi connectivity index (χ2n) is 11.6. The molecule has 0 aliphatic carbocycles. The van der Waals surface area contributed by atoms with Crippen LogP contribution in [-0.2, 0) is 0 Å². The maximum absolute atomic E-state index is 6.50. The second-order valence-corrected chi connectivity index (χ2v) is 11.6. The van der Waals surface area contributed by atoms with Gasteiger partial charge in [-0.1, -0.05) is 146 Å². The molecule has 0 N–H and O–H groups in total. The summed E-state index contributed by atoms with van der Waals surface area (Å²) >= 11 is 0. The fraction of sp³-hybridized carbons (Fsp3) is 0. The average Bonchev–Trinajstić information content (AvgIpc) is 3.53. The number of nitrogens with zero attached hydrogens (tertiary/aromatic N) is 3. The Morgan fingerprint density at radius 2 is 0.787 bits per heavy atom. The number of rotatable bonds is 5. The SMILES string of the molecule is c1ccc(-c2nc(-c3ccccc3)nc(-c3ccc(-c4ccc5oc6c7ccccc7c(-c7ccccc7)cc6c5c4)cc3)n2)cc1. The van der Waals surface area contributed by atoms with Crippen LogP contribution in [0.1, 0.15) is 0 Å². The molecule has 0 aliphatic rings. The highest BCUT2D eigenvalue weighted by atomic mass is 16.3. The van der Waals surface area contributed by atoms with Crippen LogP contribution in [0.5, 0.6) is 0 Å². The summed E-state index contributed by atoms with van der Waals surface area (Å²) in [6.07, 6.45) is 0. The van der Waals surface area contributed by atoms with E-state index in [1.165, 1.54) is 16.5 Å². The van der Waals surface area contributed by atoms with Crippen molar-refractivity contribution in [3.8, 4) is 56.4 Å². The lowest BCUT2D eigenvalue weighted by atomic mass is 9.95. The molecule has 4 heteroatoms. The first-order valence-corrected chi connectivity index (χ1v) is 15.7. The topological polar surface area (TPSA) is 51.8 Å². The van der Waals surface area contributed by atoms with Crippen LogP contribution in [0.2, 0.25) is 0 Å². The average molecular weight is 602 g/mol. The third kappa shape index (κ3) is 4.84. The molecule has 9 rings (SSSR count). The van der Waals surface area contributed by atoms with E-state index >= 15 is 0 Å². The summed E-state index contributed by atoms with van der Waals surface area (Å²) in [4.78, 5) is 14.6. The van der Waals surface area contributed by atoms with Gasteiger partial charge in [0.2, 0.25) is 0 Å². The molecular formula is C43H27N3O. The molecule has 0 bridgehead atoms. The summed E-state index contributed by atoms with van der Waals surface area (Å²) in [7, 11) is 0. The van der Waals surface area contributed by atoms with Gasteiger partial charge in [0, 0.05) is 32.8 Å². The molecule has 7 aromatic carbocycles. The summed E-state index contributed by atoms with van der Waals surface area (Å²) in [6, 6.07) is 56.4. The summed E-state index contributed by atoms with van der Waals surface area (Å²) in [5, 5.41) is 4.52. The summed E-state index contributed by atoms with van der Waals surface area (Å²) in [5.41, 5.74) is 9.25. The van der Waals surface area contributed by atoms with Crippen LogP contribution in [0.3, 0.4) is 0 Å². The Morgan fingerprint density at radius 1 is 0.319 bits per heavy atom. The van der Waals surface area contributed by atoms with Gasteiger partial charge in [-0.15, -0.1) is 0 Å². The normalized spacial score (nSPS) is 11.4. The Morgan fingerprint density at radius 3 is 1.38 bits per heavy atom. The minimum absolute atomic E-state index is 0.640. The zero-order valence-electron chi connectivity index (χ0n) is 25.3. The van der Waals surface area contributed by atoms with Gasteiger partial charge in [0.1, 0.15) is 11.2 Å². The zero-order chi connectivity index (χ0) is 31.2. The lowest BCUT2D eigenvalue weighted by molar-refractivity contribution is 0.673. The van der Waals surface area contributed by atoms with E-state index in [4.69, 9.17) is 19.4 Å². The monoisotopic (exact) mass is 601 g/mol. The molecule has 4 nitrogen and oxygen atoms in total. The van der Waals surface area contributed by atoms with Crippen LogP contribution in [0.15, 0.2) is 168 Å². The zero-order valence-corrected chi connectivity index (χ0v) is 25.3. The van der Waals surface area contributed by atoms with E-state index in [0.29, 0.717) is 17.5 Å². The van der Waals surface area contributed by atoms with Crippen molar-refractivity contribution in [2.45, 2.75) is 0 Å². The Bertz CT molecular complexity index is 2480. The van der Waals surface area contributed by atoms with Crippen molar-refractivity contribution in [2.75, 3.05) is 0 Å². The quantitative estimate of drug-likeness (QED) is 0.197. The predicted octanol–water partition coefficient (Wildman–Crippen LogP) is 11.3. The second kappa shape index (κ2) is 11.2. The Balaban J connectivity index is 1.14. The van der Waals surface area contributed by atoms with Crippen molar-refractivity contribution in [3.63, 3.8) is 0 Å². The summed E-state index contributed by atoms with van der Waals surface area (Å²) in [6.45, 7) is 0. The Hall–Kier alpha value is -6.39. The first kappa shape index (κ1) is 27.0. The summed E-state index contributed by atoms with van der Waals surface area (Å²) in [5.74, 6) is 1.94. The number of aromatic nitrogens is 3. The van der Waals surface area contributed by atoms with Crippen LogP contribution in [0.25, 0.3) is 89.1 Å². The molecule has 0 aliphatic heterocycles. The van der Waals surface area contributed by atoms with Gasteiger partial charge in [-0.2, -0.15) is 0 Å². The van der Waals surface area contributed by atoms with Crippen LogP contribution in [0.4, 0.5) is 0 Å². The minimum Gasteiger partial charge on any atom is -0.455 e. The van der Waals surface area contributed by atoms with Crippen LogP contribution in [0, 0.1) is 0 Å². The highest BCUT2D eigenvalue weighted by molar-refractivity contribution is 6.19. The molecule has 220 valence electrons. The van der Waals surface area contributed by atoms with Gasteiger partial charge in [-0.3, -0.25) is 0 Å². The van der Waals surface area contributed by atoms with E-state index in [1.807, 2.05) is 60.7 Å². The van der Waals surface area contributed by atoms with Gasteiger partial charge >= 0.3 is 0 Å². The number of benzene rings is 7. The molecule has 2 aromatic heterocycles. The third-order valence-corrected chi connectivity index (χ3v) is 8.74. The molecule has 47 heavy (non-hydrogen) atoms. The number of hydrogen-bond acceptors (Lipinski definition) is 4. The van der Waals surface area contributed by atoms with Crippen LogP contribution >= 0.6 is 0 Å². The maximum Gasteiger partial charge on any atom is 0.164 e. The molecule has 0 saturated carbocycles. The number of furan rings is 1. The van der Waals surface area contributed by atoms with Gasteiger partial charge in [0.15, 0.2) is 17.5 Å². The summed E-state index contributed by atoms with van der Waals surface area (Å²) < 4.78 is 6.50.